The number of ether oxygens (including phenoxy) is 1. The monoisotopic (exact) mass is 278 g/mol. The summed E-state index contributed by atoms with van der Waals surface area (Å²) >= 11 is 0. The Bertz CT molecular complexity index is 548. The first-order valence-corrected chi connectivity index (χ1v) is 5.85. The van der Waals surface area contributed by atoms with Gasteiger partial charge in [0.2, 0.25) is 5.91 Å². The fourth-order valence-corrected chi connectivity index (χ4v) is 1.40. The first-order chi connectivity index (χ1) is 9.43. The van der Waals surface area contributed by atoms with Crippen molar-refractivity contribution in [1.82, 2.24) is 5.32 Å². The minimum atomic E-state index is -0.666. The second-order valence-corrected chi connectivity index (χ2v) is 3.81. The van der Waals surface area contributed by atoms with Gasteiger partial charge in [0.1, 0.15) is 5.70 Å². The molecule has 0 aliphatic rings. The highest BCUT2D eigenvalue weighted by atomic mass is 16.6. The zero-order valence-corrected chi connectivity index (χ0v) is 11.1. The number of benzene rings is 1. The number of hydrogen-bond acceptors (Lipinski definition) is 5. The van der Waals surface area contributed by atoms with Crippen LogP contribution in [0.1, 0.15) is 19.4 Å². The van der Waals surface area contributed by atoms with Gasteiger partial charge in [0.15, 0.2) is 0 Å². The van der Waals surface area contributed by atoms with Crippen LogP contribution in [0.3, 0.4) is 0 Å². The quantitative estimate of drug-likeness (QED) is 0.382. The van der Waals surface area contributed by atoms with E-state index in [4.69, 9.17) is 4.74 Å². The number of rotatable bonds is 5. The molecular formula is C13H14N2O5. The topological polar surface area (TPSA) is 98.5 Å². The van der Waals surface area contributed by atoms with E-state index in [9.17, 15) is 19.7 Å². The number of carbonyl (C=O) groups excluding carboxylic acids is 2. The van der Waals surface area contributed by atoms with Crippen LogP contribution in [0.25, 0.3) is 6.08 Å². The third kappa shape index (κ3) is 4.52. The maximum absolute atomic E-state index is 11.6. The number of nitrogens with zero attached hydrogens (tertiary/aromatic N) is 1. The molecule has 1 amide bonds. The minimum absolute atomic E-state index is 0.0202. The normalized spacial score (nSPS) is 10.8. The lowest BCUT2D eigenvalue weighted by atomic mass is 10.1. The highest BCUT2D eigenvalue weighted by Gasteiger charge is 2.12. The molecule has 0 bridgehead atoms. The summed E-state index contributed by atoms with van der Waals surface area (Å²) in [5.41, 5.74) is 0.458. The van der Waals surface area contributed by atoms with Gasteiger partial charge in [-0.3, -0.25) is 14.9 Å². The second-order valence-electron chi connectivity index (χ2n) is 3.81. The van der Waals surface area contributed by atoms with E-state index in [0.29, 0.717) is 5.56 Å². The Kier molecular flexibility index (Phi) is 5.40. The van der Waals surface area contributed by atoms with E-state index in [2.05, 4.69) is 5.32 Å². The molecule has 20 heavy (non-hydrogen) atoms. The first kappa shape index (κ1) is 15.4. The fourth-order valence-electron chi connectivity index (χ4n) is 1.40. The molecule has 7 nitrogen and oxygen atoms in total. The van der Waals surface area contributed by atoms with Crippen LogP contribution in [0.4, 0.5) is 5.69 Å². The van der Waals surface area contributed by atoms with Crippen LogP contribution in [0.5, 0.6) is 0 Å². The molecule has 0 unspecified atom stereocenters. The maximum atomic E-state index is 11.6. The zero-order valence-electron chi connectivity index (χ0n) is 11.1. The summed E-state index contributed by atoms with van der Waals surface area (Å²) in [5.74, 6) is -1.08. The molecule has 0 heterocycles. The van der Waals surface area contributed by atoms with Gasteiger partial charge >= 0.3 is 5.97 Å². The number of non-ortho nitro benzene ring substituents is 1. The van der Waals surface area contributed by atoms with Crippen LogP contribution < -0.4 is 5.32 Å². The van der Waals surface area contributed by atoms with E-state index in [1.54, 1.807) is 6.92 Å². The SMILES string of the molecule is CCOC(=O)C(=Cc1ccc([N+](=O)[O-])cc1)NC(C)=O. The van der Waals surface area contributed by atoms with Crippen LogP contribution in [0.2, 0.25) is 0 Å². The van der Waals surface area contributed by atoms with Crippen LogP contribution in [0.15, 0.2) is 30.0 Å². The van der Waals surface area contributed by atoms with Gasteiger partial charge in [-0.15, -0.1) is 0 Å². The van der Waals surface area contributed by atoms with E-state index in [-0.39, 0.29) is 18.0 Å². The lowest BCUT2D eigenvalue weighted by Gasteiger charge is -2.07. The Morgan fingerprint density at radius 2 is 1.95 bits per heavy atom. The van der Waals surface area contributed by atoms with Crippen molar-refractivity contribution in [2.75, 3.05) is 6.61 Å². The summed E-state index contributed by atoms with van der Waals surface area (Å²) in [6.07, 6.45) is 1.39. The second kappa shape index (κ2) is 7.03. The van der Waals surface area contributed by atoms with Gasteiger partial charge in [-0.1, -0.05) is 0 Å². The molecule has 1 aromatic rings. The van der Waals surface area contributed by atoms with Gasteiger partial charge in [-0.05, 0) is 30.7 Å². The predicted molar refractivity (Wildman–Crippen MR) is 71.5 cm³/mol. The Morgan fingerprint density at radius 3 is 2.40 bits per heavy atom. The lowest BCUT2D eigenvalue weighted by molar-refractivity contribution is -0.384. The van der Waals surface area contributed by atoms with E-state index in [1.165, 1.54) is 37.3 Å². The van der Waals surface area contributed by atoms with Crippen molar-refractivity contribution in [3.05, 3.63) is 45.6 Å². The van der Waals surface area contributed by atoms with Gasteiger partial charge in [0, 0.05) is 19.1 Å². The molecule has 1 N–H and O–H groups in total. The standard InChI is InChI=1S/C13H14N2O5/c1-3-20-13(17)12(14-9(2)16)8-10-4-6-11(7-5-10)15(18)19/h4-8H,3H2,1-2H3,(H,14,16). The van der Waals surface area contributed by atoms with Crippen LogP contribution >= 0.6 is 0 Å². The molecule has 106 valence electrons. The van der Waals surface area contributed by atoms with Crippen LogP contribution in [-0.2, 0) is 14.3 Å². The molecule has 1 rings (SSSR count). The molecule has 0 saturated carbocycles. The number of nitrogens with one attached hydrogen (secondary N) is 1. The average molecular weight is 278 g/mol. The molecule has 0 saturated heterocycles. The summed E-state index contributed by atoms with van der Waals surface area (Å²) in [5, 5.41) is 12.9. The maximum Gasteiger partial charge on any atom is 0.354 e. The molecule has 0 atom stereocenters. The third-order valence-corrected chi connectivity index (χ3v) is 2.22. The number of hydrogen-bond donors (Lipinski definition) is 1. The van der Waals surface area contributed by atoms with Gasteiger partial charge in [0.25, 0.3) is 5.69 Å². The number of amides is 1. The van der Waals surface area contributed by atoms with Crippen molar-refractivity contribution >= 4 is 23.6 Å². The van der Waals surface area contributed by atoms with E-state index < -0.39 is 16.8 Å². The molecule has 1 aromatic carbocycles. The van der Waals surface area contributed by atoms with Crippen molar-refractivity contribution in [1.29, 1.82) is 0 Å². The lowest BCUT2D eigenvalue weighted by Crippen LogP contribution is -2.26. The molecule has 0 aliphatic carbocycles. The van der Waals surface area contributed by atoms with Crippen LogP contribution in [-0.4, -0.2) is 23.4 Å². The van der Waals surface area contributed by atoms with Crippen LogP contribution in [0, 0.1) is 10.1 Å². The van der Waals surface area contributed by atoms with Crippen molar-refractivity contribution in [3.8, 4) is 0 Å². The highest BCUT2D eigenvalue weighted by molar-refractivity contribution is 5.97. The van der Waals surface area contributed by atoms with Crippen molar-refractivity contribution in [2.24, 2.45) is 0 Å². The molecule has 7 heteroatoms. The molecule has 0 radical (unpaired) electrons. The average Bonchev–Trinajstić information content (AvgIpc) is 2.38. The molecular weight excluding hydrogens is 264 g/mol. The summed E-state index contributed by atoms with van der Waals surface area (Å²) < 4.78 is 4.81. The Balaban J connectivity index is 3.02. The Morgan fingerprint density at radius 1 is 1.35 bits per heavy atom. The largest absolute Gasteiger partial charge is 0.461 e. The van der Waals surface area contributed by atoms with Crippen molar-refractivity contribution < 1.29 is 19.2 Å². The number of nitro groups is 1. The summed E-state index contributed by atoms with van der Waals surface area (Å²) in [7, 11) is 0. The molecule has 0 aliphatic heterocycles. The Labute approximate surface area is 115 Å². The number of nitro benzene ring substituents is 1. The molecule has 0 aromatic heterocycles. The van der Waals surface area contributed by atoms with Gasteiger partial charge in [-0.2, -0.15) is 0 Å². The van der Waals surface area contributed by atoms with Crippen molar-refractivity contribution in [2.45, 2.75) is 13.8 Å². The number of esters is 1. The Hall–Kier alpha value is -2.70. The van der Waals surface area contributed by atoms with Gasteiger partial charge in [-0.25, -0.2) is 4.79 Å². The highest BCUT2D eigenvalue weighted by Crippen LogP contribution is 2.14. The minimum Gasteiger partial charge on any atom is -0.461 e. The zero-order chi connectivity index (χ0) is 15.1. The predicted octanol–water partition coefficient (Wildman–Crippen LogP) is 1.63. The molecule has 0 spiro atoms. The fraction of sp³-hybridized carbons (Fsp3) is 0.231. The van der Waals surface area contributed by atoms with E-state index in [0.717, 1.165) is 0 Å². The van der Waals surface area contributed by atoms with Gasteiger partial charge < -0.3 is 10.1 Å². The van der Waals surface area contributed by atoms with Gasteiger partial charge in [0.05, 0.1) is 11.5 Å². The molecule has 0 fully saturated rings. The summed E-state index contributed by atoms with van der Waals surface area (Å²) in [6.45, 7) is 3.09. The first-order valence-electron chi connectivity index (χ1n) is 5.85. The summed E-state index contributed by atoms with van der Waals surface area (Å²) in [6, 6.07) is 5.56. The third-order valence-electron chi connectivity index (χ3n) is 2.22. The number of carbonyl (C=O) groups is 2. The smallest absolute Gasteiger partial charge is 0.354 e. The van der Waals surface area contributed by atoms with E-state index in [1.807, 2.05) is 0 Å². The van der Waals surface area contributed by atoms with E-state index >= 15 is 0 Å². The van der Waals surface area contributed by atoms with Crippen molar-refractivity contribution in [3.63, 3.8) is 0 Å². The summed E-state index contributed by atoms with van der Waals surface area (Å²) in [4.78, 5) is 32.7.